The summed E-state index contributed by atoms with van der Waals surface area (Å²) >= 11 is 0. The molecule has 3 aromatic rings. The Balaban J connectivity index is 1.82. The van der Waals surface area contributed by atoms with Gasteiger partial charge in [0.2, 0.25) is 0 Å². The molecule has 0 aliphatic carbocycles. The first-order valence-corrected chi connectivity index (χ1v) is 11.1. The summed E-state index contributed by atoms with van der Waals surface area (Å²) in [5, 5.41) is 0. The molecule has 28 heavy (non-hydrogen) atoms. The summed E-state index contributed by atoms with van der Waals surface area (Å²) in [6.07, 6.45) is 3.22. The van der Waals surface area contributed by atoms with E-state index in [4.69, 9.17) is 0 Å². The monoisotopic (exact) mass is 400 g/mol. The first-order valence-electron chi connectivity index (χ1n) is 9.26. The topological polar surface area (TPSA) is 85.2 Å². The summed E-state index contributed by atoms with van der Waals surface area (Å²) < 4.78 is 25.7. The van der Waals surface area contributed by atoms with Crippen molar-refractivity contribution >= 4 is 26.8 Å². The summed E-state index contributed by atoms with van der Waals surface area (Å²) in [5.74, 6) is 0.458. The Morgan fingerprint density at radius 2 is 1.89 bits per heavy atom. The van der Waals surface area contributed by atoms with Crippen molar-refractivity contribution in [2.24, 2.45) is 0 Å². The molecular formula is C20H24N4O3S. The van der Waals surface area contributed by atoms with Crippen molar-refractivity contribution in [3.63, 3.8) is 0 Å². The molecule has 0 radical (unpaired) electrons. The number of pyridine rings is 1. The van der Waals surface area contributed by atoms with E-state index in [9.17, 15) is 13.2 Å². The van der Waals surface area contributed by atoms with Gasteiger partial charge in [-0.05, 0) is 38.1 Å². The molecule has 0 saturated carbocycles. The van der Waals surface area contributed by atoms with Crippen molar-refractivity contribution in [3.8, 4) is 5.82 Å². The second-order valence-electron chi connectivity index (χ2n) is 6.65. The first-order chi connectivity index (χ1) is 13.4. The molecule has 0 N–H and O–H groups in total. The van der Waals surface area contributed by atoms with E-state index in [1.165, 1.54) is 6.20 Å². The van der Waals surface area contributed by atoms with E-state index in [1.54, 1.807) is 37.2 Å². The fourth-order valence-electron chi connectivity index (χ4n) is 3.19. The van der Waals surface area contributed by atoms with Crippen LogP contribution >= 0.6 is 0 Å². The Bertz CT molecular complexity index is 1070. The highest BCUT2D eigenvalue weighted by Crippen LogP contribution is 2.17. The molecule has 148 valence electrons. The second kappa shape index (κ2) is 8.10. The molecule has 0 saturated heterocycles. The van der Waals surface area contributed by atoms with Crippen LogP contribution in [0.2, 0.25) is 0 Å². The third-order valence-corrected chi connectivity index (χ3v) is 6.63. The number of carbonyl (C=O) groups is 1. The Kier molecular flexibility index (Phi) is 5.79. The average molecular weight is 401 g/mol. The van der Waals surface area contributed by atoms with Crippen molar-refractivity contribution in [2.75, 3.05) is 18.1 Å². The zero-order valence-corrected chi connectivity index (χ0v) is 17.1. The Hall–Kier alpha value is -2.74. The van der Waals surface area contributed by atoms with Gasteiger partial charge in [-0.2, -0.15) is 0 Å². The van der Waals surface area contributed by atoms with Crippen molar-refractivity contribution in [2.45, 2.75) is 26.8 Å². The van der Waals surface area contributed by atoms with Gasteiger partial charge < -0.3 is 4.90 Å². The van der Waals surface area contributed by atoms with Crippen LogP contribution in [0.15, 0.2) is 48.9 Å². The van der Waals surface area contributed by atoms with Gasteiger partial charge in [-0.1, -0.05) is 19.1 Å². The summed E-state index contributed by atoms with van der Waals surface area (Å²) in [5.41, 5.74) is 2.23. The molecule has 0 bridgehead atoms. The molecule has 0 aliphatic heterocycles. The SMILES string of the molecule is CCN(C(=O)c1ccc(-n2cnc3ccccc32)nc1)[C@@H](C)CS(=O)(=O)CC. The van der Waals surface area contributed by atoms with Crippen LogP contribution in [0.5, 0.6) is 0 Å². The highest BCUT2D eigenvalue weighted by atomic mass is 32.2. The number of hydrogen-bond acceptors (Lipinski definition) is 5. The molecule has 1 amide bonds. The van der Waals surface area contributed by atoms with Crippen LogP contribution in [-0.4, -0.2) is 57.9 Å². The summed E-state index contributed by atoms with van der Waals surface area (Å²) in [6, 6.07) is 10.8. The Morgan fingerprint density at radius 3 is 2.54 bits per heavy atom. The fourth-order valence-corrected chi connectivity index (χ4v) is 4.34. The minimum Gasteiger partial charge on any atom is -0.335 e. The number of hydrogen-bond donors (Lipinski definition) is 0. The van der Waals surface area contributed by atoms with Crippen molar-refractivity contribution in [3.05, 3.63) is 54.5 Å². The fraction of sp³-hybridized carbons (Fsp3) is 0.350. The lowest BCUT2D eigenvalue weighted by Gasteiger charge is -2.27. The van der Waals surface area contributed by atoms with Gasteiger partial charge in [0.1, 0.15) is 12.1 Å². The first kappa shape index (κ1) is 20.0. The highest BCUT2D eigenvalue weighted by Gasteiger charge is 2.24. The Morgan fingerprint density at radius 1 is 1.14 bits per heavy atom. The van der Waals surface area contributed by atoms with Gasteiger partial charge in [-0.3, -0.25) is 9.36 Å². The van der Waals surface area contributed by atoms with Gasteiger partial charge in [0.15, 0.2) is 9.84 Å². The predicted molar refractivity (Wildman–Crippen MR) is 109 cm³/mol. The van der Waals surface area contributed by atoms with E-state index in [1.807, 2.05) is 35.8 Å². The standard InChI is InChI=1S/C20H24N4O3S/c1-4-23(15(3)13-28(26,27)5-2)20(25)16-10-11-19(21-12-16)24-14-22-17-8-6-7-9-18(17)24/h6-12,14-15H,4-5,13H2,1-3H3/t15-/m0/s1. The van der Waals surface area contributed by atoms with Crippen LogP contribution in [0.1, 0.15) is 31.1 Å². The maximum absolute atomic E-state index is 12.9. The molecule has 3 rings (SSSR count). The summed E-state index contributed by atoms with van der Waals surface area (Å²) in [6.45, 7) is 5.64. The Labute approximate surface area is 164 Å². The molecule has 2 heterocycles. The summed E-state index contributed by atoms with van der Waals surface area (Å²) in [7, 11) is -3.17. The van der Waals surface area contributed by atoms with Gasteiger partial charge in [0.25, 0.3) is 5.91 Å². The van der Waals surface area contributed by atoms with Crippen molar-refractivity contribution < 1.29 is 13.2 Å². The zero-order valence-electron chi connectivity index (χ0n) is 16.2. The maximum atomic E-state index is 12.9. The molecule has 1 aromatic carbocycles. The predicted octanol–water partition coefficient (Wildman–Crippen LogP) is 2.71. The quantitative estimate of drug-likeness (QED) is 0.609. The van der Waals surface area contributed by atoms with Crippen LogP contribution in [0.3, 0.4) is 0 Å². The second-order valence-corrected chi connectivity index (χ2v) is 9.05. The number of fused-ring (bicyclic) bond motifs is 1. The lowest BCUT2D eigenvalue weighted by molar-refractivity contribution is 0.0718. The number of amides is 1. The molecule has 7 nitrogen and oxygen atoms in total. The number of carbonyl (C=O) groups excluding carboxylic acids is 1. The molecule has 0 aliphatic rings. The van der Waals surface area contributed by atoms with Crippen molar-refractivity contribution in [1.29, 1.82) is 0 Å². The van der Waals surface area contributed by atoms with Crippen LogP contribution in [0, 0.1) is 0 Å². The molecule has 0 unspecified atom stereocenters. The third kappa shape index (κ3) is 4.06. The van der Waals surface area contributed by atoms with Gasteiger partial charge in [-0.25, -0.2) is 18.4 Å². The van der Waals surface area contributed by atoms with Gasteiger partial charge in [0.05, 0.1) is 22.3 Å². The number of rotatable bonds is 7. The minimum atomic E-state index is -3.17. The van der Waals surface area contributed by atoms with E-state index >= 15 is 0 Å². The number of para-hydroxylation sites is 2. The number of nitrogens with zero attached hydrogens (tertiary/aromatic N) is 4. The number of imidazole rings is 1. The molecular weight excluding hydrogens is 376 g/mol. The van der Waals surface area contributed by atoms with Gasteiger partial charge in [0, 0.05) is 24.5 Å². The molecule has 2 aromatic heterocycles. The number of aromatic nitrogens is 3. The zero-order chi connectivity index (χ0) is 20.3. The van der Waals surface area contributed by atoms with Crippen LogP contribution in [-0.2, 0) is 9.84 Å². The third-order valence-electron chi connectivity index (χ3n) is 4.76. The van der Waals surface area contributed by atoms with Gasteiger partial charge >= 0.3 is 0 Å². The smallest absolute Gasteiger partial charge is 0.255 e. The van der Waals surface area contributed by atoms with Crippen LogP contribution in [0.4, 0.5) is 0 Å². The summed E-state index contributed by atoms with van der Waals surface area (Å²) in [4.78, 5) is 23.2. The number of benzene rings is 1. The molecule has 1 atom stereocenters. The molecule has 8 heteroatoms. The van der Waals surface area contributed by atoms with E-state index in [0.29, 0.717) is 17.9 Å². The van der Waals surface area contributed by atoms with E-state index in [2.05, 4.69) is 9.97 Å². The lowest BCUT2D eigenvalue weighted by atomic mass is 10.2. The number of sulfone groups is 1. The minimum absolute atomic E-state index is 0.0460. The van der Waals surface area contributed by atoms with Gasteiger partial charge in [-0.15, -0.1) is 0 Å². The molecule has 0 fully saturated rings. The average Bonchev–Trinajstić information content (AvgIpc) is 3.12. The largest absolute Gasteiger partial charge is 0.335 e. The van der Waals surface area contributed by atoms with E-state index in [-0.39, 0.29) is 17.4 Å². The van der Waals surface area contributed by atoms with E-state index in [0.717, 1.165) is 11.0 Å². The highest BCUT2D eigenvalue weighted by molar-refractivity contribution is 7.91. The van der Waals surface area contributed by atoms with E-state index < -0.39 is 15.9 Å². The van der Waals surface area contributed by atoms with Crippen molar-refractivity contribution in [1.82, 2.24) is 19.4 Å². The molecule has 0 spiro atoms. The van der Waals surface area contributed by atoms with Crippen LogP contribution in [0.25, 0.3) is 16.9 Å². The maximum Gasteiger partial charge on any atom is 0.255 e. The lowest BCUT2D eigenvalue weighted by Crippen LogP contribution is -2.42. The van der Waals surface area contributed by atoms with Crippen LogP contribution < -0.4 is 0 Å². The normalized spacial score (nSPS) is 12.8.